The van der Waals surface area contributed by atoms with E-state index in [1.165, 1.54) is 0 Å². The summed E-state index contributed by atoms with van der Waals surface area (Å²) in [6.45, 7) is 11.8. The van der Waals surface area contributed by atoms with Crippen molar-refractivity contribution in [1.29, 1.82) is 0 Å². The zero-order valence-corrected chi connectivity index (χ0v) is 21.4. The molecule has 0 radical (unpaired) electrons. The highest BCUT2D eigenvalue weighted by atomic mass is 32.2. The zero-order chi connectivity index (χ0) is 23.7. The fraction of sp³-hybridized carbons (Fsp3) is 0.565. The maximum Gasteiger partial charge on any atom is 0.263 e. The van der Waals surface area contributed by atoms with Crippen LogP contribution in [0.4, 0.5) is 5.82 Å². The molecule has 176 valence electrons. The molecule has 1 fully saturated rings. The van der Waals surface area contributed by atoms with Gasteiger partial charge in [0.2, 0.25) is 0 Å². The molecule has 1 saturated heterocycles. The van der Waals surface area contributed by atoms with Gasteiger partial charge in [0.15, 0.2) is 5.82 Å². The third-order valence-electron chi connectivity index (χ3n) is 6.06. The van der Waals surface area contributed by atoms with Gasteiger partial charge in [0.25, 0.3) is 15.9 Å². The smallest absolute Gasteiger partial charge is 0.263 e. The summed E-state index contributed by atoms with van der Waals surface area (Å²) in [6.07, 6.45) is 1.76. The summed E-state index contributed by atoms with van der Waals surface area (Å²) in [5.41, 5.74) is 1.64. The summed E-state index contributed by atoms with van der Waals surface area (Å²) in [5.74, 6) is 1.90. The lowest BCUT2D eigenvalue weighted by Gasteiger charge is -2.28. The van der Waals surface area contributed by atoms with E-state index in [0.717, 1.165) is 29.9 Å². The maximum absolute atomic E-state index is 13.3. The van der Waals surface area contributed by atoms with Gasteiger partial charge in [-0.15, -0.1) is 0 Å². The molecule has 1 aliphatic rings. The molecule has 1 aromatic heterocycles. The fourth-order valence-electron chi connectivity index (χ4n) is 3.50. The molecule has 0 spiro atoms. The van der Waals surface area contributed by atoms with Crippen molar-refractivity contribution in [2.75, 3.05) is 16.2 Å². The first-order chi connectivity index (χ1) is 14.9. The van der Waals surface area contributed by atoms with Crippen molar-refractivity contribution in [1.82, 2.24) is 15.1 Å². The topological polar surface area (TPSA) is 93.1 Å². The molecule has 9 heteroatoms. The number of carbonyl (C=O) groups excluding carboxylic acids is 1. The number of benzene rings is 1. The van der Waals surface area contributed by atoms with Crippen LogP contribution in [0.25, 0.3) is 0 Å². The fourth-order valence-corrected chi connectivity index (χ4v) is 5.64. The van der Waals surface area contributed by atoms with Crippen molar-refractivity contribution in [3.05, 3.63) is 41.1 Å². The van der Waals surface area contributed by atoms with E-state index in [2.05, 4.69) is 35.9 Å². The molecule has 3 rings (SSSR count). The summed E-state index contributed by atoms with van der Waals surface area (Å²) >= 11 is 1.88. The standard InChI is InChI=1S/C23H34N4O3S2/c1-15-7-9-19(10-8-15)32(29,30)26-21-20(22(28)24-17(3)23(4,5)6)16(2)25-27(21)18-11-13-31-14-12-18/h7-10,17-18,26H,11-14H2,1-6H3,(H,24,28)/t17-/m0/s1. The number of thioether (sulfide) groups is 1. The quantitative estimate of drug-likeness (QED) is 0.636. The van der Waals surface area contributed by atoms with Crippen LogP contribution in [0.3, 0.4) is 0 Å². The second kappa shape index (κ2) is 9.47. The van der Waals surface area contributed by atoms with Crippen LogP contribution in [0.15, 0.2) is 29.2 Å². The molecule has 0 bridgehead atoms. The third-order valence-corrected chi connectivity index (χ3v) is 8.46. The first-order valence-electron chi connectivity index (χ1n) is 11.0. The molecule has 32 heavy (non-hydrogen) atoms. The molecule has 2 aromatic rings. The van der Waals surface area contributed by atoms with E-state index in [1.54, 1.807) is 35.9 Å². The average molecular weight is 479 g/mol. The van der Waals surface area contributed by atoms with E-state index in [0.29, 0.717) is 5.69 Å². The second-order valence-electron chi connectivity index (χ2n) is 9.58. The molecule has 1 aromatic carbocycles. The van der Waals surface area contributed by atoms with Crippen molar-refractivity contribution >= 4 is 33.5 Å². The van der Waals surface area contributed by atoms with Gasteiger partial charge in [-0.25, -0.2) is 13.1 Å². The average Bonchev–Trinajstić information content (AvgIpc) is 3.03. The highest BCUT2D eigenvalue weighted by molar-refractivity contribution is 7.99. The Morgan fingerprint density at radius 2 is 1.75 bits per heavy atom. The lowest BCUT2D eigenvalue weighted by atomic mass is 9.88. The SMILES string of the molecule is Cc1ccc(S(=O)(=O)Nc2c(C(=O)N[C@@H](C)C(C)(C)C)c(C)nn2C2CCSCC2)cc1. The van der Waals surface area contributed by atoms with Crippen LogP contribution in [0.1, 0.15) is 68.2 Å². The summed E-state index contributed by atoms with van der Waals surface area (Å²) in [5, 5.41) is 7.67. The second-order valence-corrected chi connectivity index (χ2v) is 12.5. The van der Waals surface area contributed by atoms with Gasteiger partial charge < -0.3 is 5.32 Å². The number of nitrogens with one attached hydrogen (secondary N) is 2. The Balaban J connectivity index is 2.04. The molecule has 0 unspecified atom stereocenters. The number of hydrogen-bond donors (Lipinski definition) is 2. The minimum Gasteiger partial charge on any atom is -0.349 e. The van der Waals surface area contributed by atoms with Crippen molar-refractivity contribution in [2.45, 2.75) is 71.4 Å². The monoisotopic (exact) mass is 478 g/mol. The molecule has 1 amide bonds. The van der Waals surface area contributed by atoms with Gasteiger partial charge in [0.1, 0.15) is 5.56 Å². The minimum atomic E-state index is -3.89. The molecule has 2 heterocycles. The van der Waals surface area contributed by atoms with Crippen LogP contribution < -0.4 is 10.0 Å². The van der Waals surface area contributed by atoms with Gasteiger partial charge in [-0.1, -0.05) is 38.5 Å². The Labute approximate surface area is 195 Å². The Morgan fingerprint density at radius 1 is 1.16 bits per heavy atom. The number of rotatable bonds is 6. The Morgan fingerprint density at radius 3 is 2.31 bits per heavy atom. The van der Waals surface area contributed by atoms with Crippen LogP contribution in [0, 0.1) is 19.3 Å². The first-order valence-corrected chi connectivity index (χ1v) is 13.6. The van der Waals surface area contributed by atoms with Gasteiger partial charge in [-0.3, -0.25) is 9.52 Å². The molecule has 0 saturated carbocycles. The van der Waals surface area contributed by atoms with Gasteiger partial charge in [0, 0.05) is 6.04 Å². The van der Waals surface area contributed by atoms with Crippen molar-refractivity contribution in [3.8, 4) is 0 Å². The highest BCUT2D eigenvalue weighted by Crippen LogP contribution is 2.33. The van der Waals surface area contributed by atoms with E-state index in [1.807, 2.05) is 25.6 Å². The summed E-state index contributed by atoms with van der Waals surface area (Å²) in [6, 6.07) is 6.60. The molecule has 1 atom stereocenters. The Hall–Kier alpha value is -2.00. The normalized spacial score (nSPS) is 16.6. The predicted molar refractivity (Wildman–Crippen MR) is 131 cm³/mol. The number of hydrogen-bond acceptors (Lipinski definition) is 5. The third kappa shape index (κ3) is 5.49. The number of nitrogens with zero attached hydrogens (tertiary/aromatic N) is 2. The van der Waals surface area contributed by atoms with Crippen molar-refractivity contribution in [2.24, 2.45) is 5.41 Å². The van der Waals surface area contributed by atoms with Crippen LogP contribution in [-0.4, -0.2) is 41.7 Å². The molecule has 7 nitrogen and oxygen atoms in total. The van der Waals surface area contributed by atoms with E-state index >= 15 is 0 Å². The van der Waals surface area contributed by atoms with Crippen LogP contribution in [0.2, 0.25) is 0 Å². The van der Waals surface area contributed by atoms with Gasteiger partial charge in [-0.05, 0) is 62.7 Å². The van der Waals surface area contributed by atoms with Crippen LogP contribution in [-0.2, 0) is 10.0 Å². The summed E-state index contributed by atoms with van der Waals surface area (Å²) < 4.78 is 30.9. The molecule has 1 aliphatic heterocycles. The maximum atomic E-state index is 13.3. The first kappa shape index (κ1) is 24.6. The summed E-state index contributed by atoms with van der Waals surface area (Å²) in [4.78, 5) is 13.5. The number of anilines is 1. The number of aryl methyl sites for hydroxylation is 2. The van der Waals surface area contributed by atoms with E-state index in [4.69, 9.17) is 0 Å². The number of aromatic nitrogens is 2. The predicted octanol–water partition coefficient (Wildman–Crippen LogP) is 4.53. The zero-order valence-electron chi connectivity index (χ0n) is 19.7. The van der Waals surface area contributed by atoms with Gasteiger partial charge in [0.05, 0.1) is 16.6 Å². The van der Waals surface area contributed by atoms with Crippen molar-refractivity contribution in [3.63, 3.8) is 0 Å². The Bertz CT molecular complexity index is 1060. The van der Waals surface area contributed by atoms with Crippen LogP contribution >= 0.6 is 11.8 Å². The van der Waals surface area contributed by atoms with E-state index < -0.39 is 10.0 Å². The van der Waals surface area contributed by atoms with Crippen molar-refractivity contribution < 1.29 is 13.2 Å². The van der Waals surface area contributed by atoms with Crippen LogP contribution in [0.5, 0.6) is 0 Å². The number of amides is 1. The number of sulfonamides is 1. The summed E-state index contributed by atoms with van der Waals surface area (Å²) in [7, 11) is -3.89. The molecule has 0 aliphatic carbocycles. The largest absolute Gasteiger partial charge is 0.349 e. The lowest BCUT2D eigenvalue weighted by molar-refractivity contribution is 0.0910. The van der Waals surface area contributed by atoms with Gasteiger partial charge >= 0.3 is 0 Å². The Kier molecular flexibility index (Phi) is 7.29. The molecule has 2 N–H and O–H groups in total. The minimum absolute atomic E-state index is 0.0484. The van der Waals surface area contributed by atoms with E-state index in [-0.39, 0.29) is 39.7 Å². The number of carbonyl (C=O) groups is 1. The molecular formula is C23H34N4O3S2. The van der Waals surface area contributed by atoms with E-state index in [9.17, 15) is 13.2 Å². The highest BCUT2D eigenvalue weighted by Gasteiger charge is 2.31. The van der Waals surface area contributed by atoms with Gasteiger partial charge in [-0.2, -0.15) is 16.9 Å². The molecular weight excluding hydrogens is 444 g/mol. The lowest BCUT2D eigenvalue weighted by Crippen LogP contribution is -2.41.